The Bertz CT molecular complexity index is 421. The first-order valence-electron chi connectivity index (χ1n) is 4.89. The molecule has 2 fully saturated rings. The van der Waals surface area contributed by atoms with Gasteiger partial charge in [-0.25, -0.2) is 9.78 Å². The van der Waals surface area contributed by atoms with Crippen molar-refractivity contribution in [3.05, 3.63) is 18.3 Å². The van der Waals surface area contributed by atoms with Gasteiger partial charge in [0.1, 0.15) is 0 Å². The summed E-state index contributed by atoms with van der Waals surface area (Å²) in [6, 6.07) is 4.24. The molecule has 5 heteroatoms. The molecule has 0 spiro atoms. The molecule has 1 aliphatic carbocycles. The average Bonchev–Trinajstić information content (AvgIpc) is 2.91. The molecule has 1 aliphatic heterocycles. The highest BCUT2D eigenvalue weighted by Crippen LogP contribution is 2.37. The molecular formula is C10H11N3O2. The lowest BCUT2D eigenvalue weighted by Gasteiger charge is -2.17. The molecule has 2 heterocycles. The molecule has 1 saturated heterocycles. The summed E-state index contributed by atoms with van der Waals surface area (Å²) >= 11 is 0. The van der Waals surface area contributed by atoms with Crippen LogP contribution in [0.4, 0.5) is 10.5 Å². The topological polar surface area (TPSA) is 54.5 Å². The molecule has 0 aromatic carbocycles. The zero-order valence-corrected chi connectivity index (χ0v) is 8.30. The second-order valence-corrected chi connectivity index (χ2v) is 3.79. The van der Waals surface area contributed by atoms with E-state index in [-0.39, 0.29) is 6.03 Å². The maximum Gasteiger partial charge on any atom is 0.322 e. The standard InChI is InChI=1S/C10H11N3O2/c1-15-9-4-6(2-3-11-9)13-8-5-7(8)12-10(13)14/h2-4,7-8H,5H2,1H3,(H,12,14)/t7-,8+/m0/s1. The Morgan fingerprint density at radius 2 is 2.53 bits per heavy atom. The van der Waals surface area contributed by atoms with Gasteiger partial charge in [-0.15, -0.1) is 0 Å². The van der Waals surface area contributed by atoms with Crippen molar-refractivity contribution in [3.63, 3.8) is 0 Å². The van der Waals surface area contributed by atoms with Gasteiger partial charge in [-0.05, 0) is 12.5 Å². The predicted molar refractivity (Wildman–Crippen MR) is 54.0 cm³/mol. The van der Waals surface area contributed by atoms with E-state index in [1.165, 1.54) is 0 Å². The number of carbonyl (C=O) groups excluding carboxylic acids is 1. The maximum absolute atomic E-state index is 11.6. The summed E-state index contributed by atoms with van der Waals surface area (Å²) in [5, 5.41) is 2.90. The van der Waals surface area contributed by atoms with Gasteiger partial charge in [-0.2, -0.15) is 0 Å². The molecule has 2 aliphatic rings. The SMILES string of the molecule is COc1cc(N2C(=O)N[C@H]3C[C@H]32)ccn1. The van der Waals surface area contributed by atoms with E-state index in [4.69, 9.17) is 4.74 Å². The molecule has 2 atom stereocenters. The minimum atomic E-state index is -0.0236. The molecule has 5 nitrogen and oxygen atoms in total. The number of hydrogen-bond acceptors (Lipinski definition) is 3. The number of rotatable bonds is 2. The summed E-state index contributed by atoms with van der Waals surface area (Å²) in [5.74, 6) is 0.532. The van der Waals surface area contributed by atoms with Gasteiger partial charge in [0.25, 0.3) is 0 Å². The van der Waals surface area contributed by atoms with Crippen molar-refractivity contribution in [1.29, 1.82) is 0 Å². The van der Waals surface area contributed by atoms with Crippen molar-refractivity contribution in [2.24, 2.45) is 0 Å². The Labute approximate surface area is 87.0 Å². The van der Waals surface area contributed by atoms with Crippen molar-refractivity contribution in [2.45, 2.75) is 18.5 Å². The third-order valence-corrected chi connectivity index (χ3v) is 2.82. The van der Waals surface area contributed by atoms with Crippen LogP contribution in [0.5, 0.6) is 5.88 Å². The molecule has 0 radical (unpaired) electrons. The molecule has 1 aromatic heterocycles. The van der Waals surface area contributed by atoms with Crippen LogP contribution in [0.1, 0.15) is 6.42 Å². The van der Waals surface area contributed by atoms with Gasteiger partial charge in [-0.3, -0.25) is 4.90 Å². The third kappa shape index (κ3) is 1.23. The van der Waals surface area contributed by atoms with E-state index < -0.39 is 0 Å². The van der Waals surface area contributed by atoms with Crippen LogP contribution >= 0.6 is 0 Å². The van der Waals surface area contributed by atoms with E-state index in [2.05, 4.69) is 10.3 Å². The summed E-state index contributed by atoms with van der Waals surface area (Å²) in [6.45, 7) is 0. The number of hydrogen-bond donors (Lipinski definition) is 1. The van der Waals surface area contributed by atoms with E-state index in [9.17, 15) is 4.79 Å². The number of amides is 2. The van der Waals surface area contributed by atoms with E-state index in [1.54, 1.807) is 24.3 Å². The molecular weight excluding hydrogens is 194 g/mol. The van der Waals surface area contributed by atoms with Crippen molar-refractivity contribution in [1.82, 2.24) is 10.3 Å². The van der Waals surface area contributed by atoms with Crippen molar-refractivity contribution in [2.75, 3.05) is 12.0 Å². The van der Waals surface area contributed by atoms with Crippen LogP contribution in [0.15, 0.2) is 18.3 Å². The molecule has 15 heavy (non-hydrogen) atoms. The van der Waals surface area contributed by atoms with Crippen LogP contribution < -0.4 is 15.0 Å². The average molecular weight is 205 g/mol. The fraction of sp³-hybridized carbons (Fsp3) is 0.400. The van der Waals surface area contributed by atoms with Crippen LogP contribution in [0.3, 0.4) is 0 Å². The van der Waals surface area contributed by atoms with Crippen LogP contribution in [0.25, 0.3) is 0 Å². The zero-order valence-electron chi connectivity index (χ0n) is 8.30. The van der Waals surface area contributed by atoms with Gasteiger partial charge < -0.3 is 10.1 Å². The maximum atomic E-state index is 11.6. The molecule has 2 amide bonds. The first-order valence-corrected chi connectivity index (χ1v) is 4.89. The fourth-order valence-corrected chi connectivity index (χ4v) is 1.97. The van der Waals surface area contributed by atoms with Crippen molar-refractivity contribution < 1.29 is 9.53 Å². The lowest BCUT2D eigenvalue weighted by Crippen LogP contribution is -2.33. The highest BCUT2D eigenvalue weighted by molar-refractivity contribution is 5.97. The summed E-state index contributed by atoms with van der Waals surface area (Å²) < 4.78 is 5.03. The van der Waals surface area contributed by atoms with E-state index in [0.29, 0.717) is 18.0 Å². The van der Waals surface area contributed by atoms with E-state index >= 15 is 0 Å². The number of carbonyl (C=O) groups is 1. The largest absolute Gasteiger partial charge is 0.481 e. The monoisotopic (exact) mass is 205 g/mol. The highest BCUT2D eigenvalue weighted by atomic mass is 16.5. The van der Waals surface area contributed by atoms with Crippen LogP contribution in [0, 0.1) is 0 Å². The van der Waals surface area contributed by atoms with Crippen molar-refractivity contribution >= 4 is 11.7 Å². The van der Waals surface area contributed by atoms with Gasteiger partial charge in [-0.1, -0.05) is 0 Å². The number of pyridine rings is 1. The second-order valence-electron chi connectivity index (χ2n) is 3.79. The molecule has 1 saturated carbocycles. The minimum absolute atomic E-state index is 0.0236. The van der Waals surface area contributed by atoms with Gasteiger partial charge in [0, 0.05) is 12.3 Å². The Kier molecular flexibility index (Phi) is 1.62. The number of ether oxygens (including phenoxy) is 1. The quantitative estimate of drug-likeness (QED) is 0.775. The smallest absolute Gasteiger partial charge is 0.322 e. The second kappa shape index (κ2) is 2.85. The van der Waals surface area contributed by atoms with Gasteiger partial charge in [0.2, 0.25) is 5.88 Å². The Balaban J connectivity index is 1.94. The summed E-state index contributed by atoms with van der Waals surface area (Å²) in [4.78, 5) is 17.4. The number of aromatic nitrogens is 1. The third-order valence-electron chi connectivity index (χ3n) is 2.82. The highest BCUT2D eigenvalue weighted by Gasteiger charge is 2.52. The molecule has 1 aromatic rings. The van der Waals surface area contributed by atoms with Crippen LogP contribution in [0.2, 0.25) is 0 Å². The van der Waals surface area contributed by atoms with Crippen LogP contribution in [-0.2, 0) is 0 Å². The first kappa shape index (κ1) is 8.52. The Hall–Kier alpha value is -1.78. The van der Waals surface area contributed by atoms with E-state index in [1.807, 2.05) is 6.07 Å². The molecule has 0 bridgehead atoms. The summed E-state index contributed by atoms with van der Waals surface area (Å²) in [6.07, 6.45) is 2.69. The minimum Gasteiger partial charge on any atom is -0.481 e. The Morgan fingerprint density at radius 3 is 3.20 bits per heavy atom. The predicted octanol–water partition coefficient (Wildman–Crippen LogP) is 0.761. The number of nitrogens with zero attached hydrogens (tertiary/aromatic N) is 2. The number of anilines is 1. The summed E-state index contributed by atoms with van der Waals surface area (Å²) in [5.41, 5.74) is 0.851. The molecule has 1 N–H and O–H groups in total. The van der Waals surface area contributed by atoms with Crippen molar-refractivity contribution in [3.8, 4) is 5.88 Å². The number of methoxy groups -OCH3 is 1. The van der Waals surface area contributed by atoms with Crippen LogP contribution in [-0.4, -0.2) is 30.2 Å². The number of nitrogens with one attached hydrogen (secondary N) is 1. The van der Waals surface area contributed by atoms with E-state index in [0.717, 1.165) is 12.1 Å². The number of urea groups is 1. The fourth-order valence-electron chi connectivity index (χ4n) is 1.97. The summed E-state index contributed by atoms with van der Waals surface area (Å²) in [7, 11) is 1.57. The lowest BCUT2D eigenvalue weighted by molar-refractivity contribution is 0.249. The lowest BCUT2D eigenvalue weighted by atomic mass is 10.3. The van der Waals surface area contributed by atoms with Gasteiger partial charge >= 0.3 is 6.03 Å². The van der Waals surface area contributed by atoms with Gasteiger partial charge in [0.15, 0.2) is 0 Å². The molecule has 78 valence electrons. The van der Waals surface area contributed by atoms with Gasteiger partial charge in [0.05, 0.1) is 24.9 Å². The first-order chi connectivity index (χ1) is 7.29. The molecule has 3 rings (SSSR count). The normalized spacial score (nSPS) is 27.3. The Morgan fingerprint density at radius 1 is 1.67 bits per heavy atom. The number of fused-ring (bicyclic) bond motifs is 1. The molecule has 0 unspecified atom stereocenters. The zero-order chi connectivity index (χ0) is 10.4.